The lowest BCUT2D eigenvalue weighted by Crippen LogP contribution is -2.27. The van der Waals surface area contributed by atoms with E-state index < -0.39 is 22.0 Å². The molecule has 1 heterocycles. The molecule has 6 nitrogen and oxygen atoms in total. The Bertz CT molecular complexity index is 750. The summed E-state index contributed by atoms with van der Waals surface area (Å²) in [6.45, 7) is 3.11. The Hall–Kier alpha value is -2.12. The van der Waals surface area contributed by atoms with E-state index in [0.29, 0.717) is 5.76 Å². The van der Waals surface area contributed by atoms with Gasteiger partial charge in [0.15, 0.2) is 0 Å². The molecular weight excluding hydrogens is 294 g/mol. The van der Waals surface area contributed by atoms with Gasteiger partial charge in [0.05, 0.1) is 22.8 Å². The van der Waals surface area contributed by atoms with Crippen LogP contribution < -0.4 is 4.72 Å². The number of hydrogen-bond acceptors (Lipinski definition) is 4. The van der Waals surface area contributed by atoms with Crippen molar-refractivity contribution >= 4 is 16.0 Å². The lowest BCUT2D eigenvalue weighted by Gasteiger charge is -2.14. The SMILES string of the molecule is Cc1c(C(=O)O)cccc1S(=O)(=O)NC(C)c1ccco1. The van der Waals surface area contributed by atoms with Gasteiger partial charge in [-0.15, -0.1) is 0 Å². The van der Waals surface area contributed by atoms with Crippen molar-refractivity contribution in [2.75, 3.05) is 0 Å². The van der Waals surface area contributed by atoms with Crippen LogP contribution >= 0.6 is 0 Å². The smallest absolute Gasteiger partial charge is 0.335 e. The van der Waals surface area contributed by atoms with Crippen molar-refractivity contribution in [3.8, 4) is 0 Å². The largest absolute Gasteiger partial charge is 0.478 e. The molecular formula is C14H15NO5S. The minimum atomic E-state index is -3.85. The number of sulfonamides is 1. The van der Waals surface area contributed by atoms with Gasteiger partial charge in [0.25, 0.3) is 0 Å². The fraction of sp³-hybridized carbons (Fsp3) is 0.214. The van der Waals surface area contributed by atoms with Crippen molar-refractivity contribution in [1.29, 1.82) is 0 Å². The van der Waals surface area contributed by atoms with Gasteiger partial charge in [0, 0.05) is 0 Å². The van der Waals surface area contributed by atoms with Crippen molar-refractivity contribution in [3.63, 3.8) is 0 Å². The Kier molecular flexibility index (Phi) is 4.15. The van der Waals surface area contributed by atoms with E-state index in [4.69, 9.17) is 9.52 Å². The lowest BCUT2D eigenvalue weighted by atomic mass is 10.1. The third-order valence-corrected chi connectivity index (χ3v) is 4.79. The van der Waals surface area contributed by atoms with Crippen LogP contribution in [-0.2, 0) is 10.0 Å². The van der Waals surface area contributed by atoms with Crippen molar-refractivity contribution < 1.29 is 22.7 Å². The van der Waals surface area contributed by atoms with Crippen LogP contribution in [0.4, 0.5) is 0 Å². The molecule has 7 heteroatoms. The van der Waals surface area contributed by atoms with Gasteiger partial charge in [-0.1, -0.05) is 6.07 Å². The highest BCUT2D eigenvalue weighted by Gasteiger charge is 2.23. The zero-order chi connectivity index (χ0) is 15.6. The first-order chi connectivity index (χ1) is 9.83. The summed E-state index contributed by atoms with van der Waals surface area (Å²) in [6, 6.07) is 6.91. The topological polar surface area (TPSA) is 96.6 Å². The van der Waals surface area contributed by atoms with Gasteiger partial charge in [0.1, 0.15) is 5.76 Å². The van der Waals surface area contributed by atoms with Gasteiger partial charge in [-0.25, -0.2) is 17.9 Å². The van der Waals surface area contributed by atoms with Crippen LogP contribution in [0.5, 0.6) is 0 Å². The van der Waals surface area contributed by atoms with Crippen molar-refractivity contribution in [2.24, 2.45) is 0 Å². The van der Waals surface area contributed by atoms with Crippen LogP contribution in [0.25, 0.3) is 0 Å². The molecule has 2 N–H and O–H groups in total. The molecule has 0 amide bonds. The van der Waals surface area contributed by atoms with Gasteiger partial charge in [-0.05, 0) is 43.7 Å². The minimum Gasteiger partial charge on any atom is -0.478 e. The summed E-state index contributed by atoms with van der Waals surface area (Å²) < 4.78 is 32.4. The summed E-state index contributed by atoms with van der Waals surface area (Å²) in [6.07, 6.45) is 1.45. The molecule has 1 aromatic heterocycles. The van der Waals surface area contributed by atoms with Crippen molar-refractivity contribution in [3.05, 3.63) is 53.5 Å². The van der Waals surface area contributed by atoms with Gasteiger partial charge >= 0.3 is 5.97 Å². The molecule has 1 unspecified atom stereocenters. The summed E-state index contributed by atoms with van der Waals surface area (Å²) in [4.78, 5) is 11.0. The predicted octanol–water partition coefficient (Wildman–Crippen LogP) is 2.33. The molecule has 1 atom stereocenters. The van der Waals surface area contributed by atoms with Crippen LogP contribution in [0.15, 0.2) is 45.9 Å². The fourth-order valence-corrected chi connectivity index (χ4v) is 3.51. The molecule has 0 saturated heterocycles. The van der Waals surface area contributed by atoms with E-state index in [0.717, 1.165) is 0 Å². The van der Waals surface area contributed by atoms with Crippen LogP contribution in [0.1, 0.15) is 34.6 Å². The molecule has 0 aliphatic heterocycles. The number of rotatable bonds is 5. The second-order valence-electron chi connectivity index (χ2n) is 4.59. The third-order valence-electron chi connectivity index (χ3n) is 3.11. The normalized spacial score (nSPS) is 13.0. The summed E-state index contributed by atoms with van der Waals surface area (Å²) in [7, 11) is -3.85. The van der Waals surface area contributed by atoms with Gasteiger partial charge in [-0.3, -0.25) is 0 Å². The number of hydrogen-bond donors (Lipinski definition) is 2. The highest BCUT2D eigenvalue weighted by Crippen LogP contribution is 2.22. The maximum Gasteiger partial charge on any atom is 0.335 e. The fourth-order valence-electron chi connectivity index (χ4n) is 2.03. The number of carboxylic acid groups (broad SMARTS) is 1. The molecule has 112 valence electrons. The second kappa shape index (κ2) is 5.71. The Morgan fingerprint density at radius 1 is 1.29 bits per heavy atom. The van der Waals surface area contributed by atoms with Crippen LogP contribution in [0.2, 0.25) is 0 Å². The molecule has 0 aliphatic carbocycles. The number of furan rings is 1. The molecule has 21 heavy (non-hydrogen) atoms. The summed E-state index contributed by atoms with van der Waals surface area (Å²) in [5, 5.41) is 9.06. The Morgan fingerprint density at radius 2 is 2.00 bits per heavy atom. The molecule has 2 aromatic rings. The van der Waals surface area contributed by atoms with Crippen LogP contribution in [0, 0.1) is 6.92 Å². The highest BCUT2D eigenvalue weighted by atomic mass is 32.2. The van der Waals surface area contributed by atoms with E-state index in [1.54, 1.807) is 19.1 Å². The summed E-state index contributed by atoms with van der Waals surface area (Å²) in [5.41, 5.74) is 0.160. The average molecular weight is 309 g/mol. The molecule has 0 aliphatic rings. The molecule has 0 bridgehead atoms. The zero-order valence-corrected chi connectivity index (χ0v) is 12.3. The summed E-state index contributed by atoms with van der Waals surface area (Å²) >= 11 is 0. The first-order valence-corrected chi connectivity index (χ1v) is 7.70. The van der Waals surface area contributed by atoms with Gasteiger partial charge in [0.2, 0.25) is 10.0 Å². The average Bonchev–Trinajstić information content (AvgIpc) is 2.91. The molecule has 0 fully saturated rings. The van der Waals surface area contributed by atoms with Crippen LogP contribution in [0.3, 0.4) is 0 Å². The van der Waals surface area contributed by atoms with E-state index in [1.165, 1.54) is 31.4 Å². The highest BCUT2D eigenvalue weighted by molar-refractivity contribution is 7.89. The number of nitrogens with one attached hydrogen (secondary N) is 1. The Balaban J connectivity index is 2.36. The van der Waals surface area contributed by atoms with Crippen molar-refractivity contribution in [1.82, 2.24) is 4.72 Å². The first-order valence-electron chi connectivity index (χ1n) is 6.21. The second-order valence-corrected chi connectivity index (χ2v) is 6.27. The van der Waals surface area contributed by atoms with Gasteiger partial charge in [-0.2, -0.15) is 0 Å². The maximum absolute atomic E-state index is 12.4. The van der Waals surface area contributed by atoms with E-state index in [-0.39, 0.29) is 16.0 Å². The predicted molar refractivity (Wildman–Crippen MR) is 75.6 cm³/mol. The van der Waals surface area contributed by atoms with E-state index in [1.807, 2.05) is 0 Å². The van der Waals surface area contributed by atoms with E-state index in [2.05, 4.69) is 4.72 Å². The lowest BCUT2D eigenvalue weighted by molar-refractivity contribution is 0.0696. The quantitative estimate of drug-likeness (QED) is 0.883. The Labute approximate surface area is 122 Å². The standard InChI is InChI=1S/C14H15NO5S/c1-9-11(14(16)17)5-3-7-13(9)21(18,19)15-10(2)12-6-4-8-20-12/h3-8,10,15H,1-2H3,(H,16,17). The summed E-state index contributed by atoms with van der Waals surface area (Å²) in [5.74, 6) is -0.686. The molecule has 0 spiro atoms. The monoisotopic (exact) mass is 309 g/mol. The molecule has 0 saturated carbocycles. The van der Waals surface area contributed by atoms with Crippen LogP contribution in [-0.4, -0.2) is 19.5 Å². The number of benzene rings is 1. The minimum absolute atomic E-state index is 0.0384. The van der Waals surface area contributed by atoms with Gasteiger partial charge < -0.3 is 9.52 Å². The molecule has 1 aromatic carbocycles. The number of aromatic carboxylic acids is 1. The van der Waals surface area contributed by atoms with E-state index in [9.17, 15) is 13.2 Å². The van der Waals surface area contributed by atoms with Crippen molar-refractivity contribution in [2.45, 2.75) is 24.8 Å². The molecule has 2 rings (SSSR count). The first kappa shape index (κ1) is 15.3. The number of carbonyl (C=O) groups is 1. The Morgan fingerprint density at radius 3 is 2.57 bits per heavy atom. The van der Waals surface area contributed by atoms with E-state index >= 15 is 0 Å². The third kappa shape index (κ3) is 3.14. The number of carboxylic acids is 1. The maximum atomic E-state index is 12.4. The zero-order valence-electron chi connectivity index (χ0n) is 11.5. The molecule has 0 radical (unpaired) electrons.